The number of ether oxygens (including phenoxy) is 2. The molecule has 0 heterocycles. The number of likely N-dealkylation sites (N-methyl/N-ethyl adjacent to an activating group) is 1. The Kier molecular flexibility index (Phi) is 8.07. The summed E-state index contributed by atoms with van der Waals surface area (Å²) in [7, 11) is 3.00. The second kappa shape index (κ2) is 10.5. The van der Waals surface area contributed by atoms with E-state index < -0.39 is 30.1 Å². The van der Waals surface area contributed by atoms with E-state index in [1.54, 1.807) is 31.2 Å². The van der Waals surface area contributed by atoms with Gasteiger partial charge in [0.15, 0.2) is 11.5 Å². The molecule has 0 unspecified atom stereocenters. The van der Waals surface area contributed by atoms with Gasteiger partial charge in [0.25, 0.3) is 0 Å². The average Bonchev–Trinajstić information content (AvgIpc) is 2.75. The van der Waals surface area contributed by atoms with Gasteiger partial charge >= 0.3 is 6.18 Å². The summed E-state index contributed by atoms with van der Waals surface area (Å²) in [5.41, 5.74) is -0.638. The average molecular weight is 436 g/mol. The van der Waals surface area contributed by atoms with Gasteiger partial charge in [-0.2, -0.15) is 13.2 Å². The van der Waals surface area contributed by atoms with Gasteiger partial charge < -0.3 is 19.7 Å². The van der Waals surface area contributed by atoms with Gasteiger partial charge in [0.05, 0.1) is 25.5 Å². The summed E-state index contributed by atoms with van der Waals surface area (Å²) in [6, 6.07) is 9.76. The molecule has 0 atom stereocenters. The van der Waals surface area contributed by atoms with Crippen LogP contribution in [-0.2, 0) is 15.8 Å². The molecule has 0 aromatic heterocycles. The number of rotatable bonds is 8. The molecule has 0 aliphatic carbocycles. The van der Waals surface area contributed by atoms with Crippen molar-refractivity contribution in [3.05, 3.63) is 59.7 Å². The molecule has 2 aromatic rings. The van der Waals surface area contributed by atoms with Crippen molar-refractivity contribution in [1.82, 2.24) is 4.90 Å². The number of carbonyl (C=O) groups is 2. The first-order valence-electron chi connectivity index (χ1n) is 9.34. The van der Waals surface area contributed by atoms with E-state index in [9.17, 15) is 22.8 Å². The maximum absolute atomic E-state index is 13.1. The number of amides is 2. The lowest BCUT2D eigenvalue weighted by Crippen LogP contribution is -2.37. The minimum absolute atomic E-state index is 0.198. The predicted octanol–water partition coefficient (Wildman–Crippen LogP) is 4.22. The van der Waals surface area contributed by atoms with Crippen LogP contribution in [0.25, 0.3) is 6.08 Å². The van der Waals surface area contributed by atoms with Crippen molar-refractivity contribution in [2.75, 3.05) is 32.6 Å². The van der Waals surface area contributed by atoms with Crippen molar-refractivity contribution in [2.45, 2.75) is 13.1 Å². The first kappa shape index (κ1) is 23.8. The van der Waals surface area contributed by atoms with Crippen molar-refractivity contribution >= 4 is 23.6 Å². The summed E-state index contributed by atoms with van der Waals surface area (Å²) < 4.78 is 49.6. The van der Waals surface area contributed by atoms with Crippen molar-refractivity contribution in [3.8, 4) is 11.5 Å². The molecule has 0 saturated heterocycles. The van der Waals surface area contributed by atoms with Gasteiger partial charge in [-0.25, -0.2) is 0 Å². The maximum Gasteiger partial charge on any atom is 0.418 e. The maximum atomic E-state index is 13.1. The summed E-state index contributed by atoms with van der Waals surface area (Å²) in [4.78, 5) is 25.9. The number of methoxy groups -OCH3 is 2. The lowest BCUT2D eigenvalue weighted by atomic mass is 10.1. The molecule has 0 spiro atoms. The zero-order chi connectivity index (χ0) is 23.0. The number of hydrogen-bond donors (Lipinski definition) is 1. The lowest BCUT2D eigenvalue weighted by molar-refractivity contribution is -0.137. The third-order valence-electron chi connectivity index (χ3n) is 4.36. The fourth-order valence-electron chi connectivity index (χ4n) is 2.78. The van der Waals surface area contributed by atoms with Gasteiger partial charge in [-0.05, 0) is 42.8 Å². The summed E-state index contributed by atoms with van der Waals surface area (Å²) in [5.74, 6) is -0.160. The minimum Gasteiger partial charge on any atom is -0.493 e. The van der Waals surface area contributed by atoms with Crippen molar-refractivity contribution in [3.63, 3.8) is 0 Å². The second-order valence-corrected chi connectivity index (χ2v) is 6.39. The Morgan fingerprint density at radius 3 is 2.35 bits per heavy atom. The Morgan fingerprint density at radius 2 is 1.74 bits per heavy atom. The van der Waals surface area contributed by atoms with Crippen LogP contribution < -0.4 is 14.8 Å². The summed E-state index contributed by atoms with van der Waals surface area (Å²) in [5, 5.41) is 2.23. The first-order valence-corrected chi connectivity index (χ1v) is 9.34. The molecule has 0 bridgehead atoms. The molecular weight excluding hydrogens is 413 g/mol. The third kappa shape index (κ3) is 6.50. The van der Waals surface area contributed by atoms with Crippen molar-refractivity contribution < 1.29 is 32.2 Å². The molecule has 2 amide bonds. The Balaban J connectivity index is 2.07. The molecule has 2 aromatic carbocycles. The lowest BCUT2D eigenvalue weighted by Gasteiger charge is -2.19. The van der Waals surface area contributed by atoms with Crippen LogP contribution >= 0.6 is 0 Å². The van der Waals surface area contributed by atoms with Gasteiger partial charge in [0, 0.05) is 12.6 Å². The Hall–Kier alpha value is -3.49. The Morgan fingerprint density at radius 1 is 1.06 bits per heavy atom. The van der Waals surface area contributed by atoms with E-state index >= 15 is 0 Å². The highest BCUT2D eigenvalue weighted by atomic mass is 19.4. The number of nitrogens with one attached hydrogen (secondary N) is 1. The van der Waals surface area contributed by atoms with Crippen molar-refractivity contribution in [2.24, 2.45) is 0 Å². The first-order chi connectivity index (χ1) is 14.7. The number of halogens is 3. The fraction of sp³-hybridized carbons (Fsp3) is 0.273. The van der Waals surface area contributed by atoms with Crippen LogP contribution in [0.1, 0.15) is 18.1 Å². The molecule has 0 saturated carbocycles. The van der Waals surface area contributed by atoms with Gasteiger partial charge in [-0.15, -0.1) is 0 Å². The summed E-state index contributed by atoms with van der Waals surface area (Å²) in [6.45, 7) is 1.47. The molecule has 0 aliphatic rings. The number of hydrogen-bond acceptors (Lipinski definition) is 4. The van der Waals surface area contributed by atoms with E-state index in [1.807, 2.05) is 0 Å². The standard InChI is InChI=1S/C22H23F3N2O4/c1-4-27(14-20(28)26-17-8-6-5-7-16(17)22(23,24)25)21(29)12-10-15-9-11-18(30-2)19(13-15)31-3/h5-13H,4,14H2,1-3H3,(H,26,28). The third-order valence-corrected chi connectivity index (χ3v) is 4.36. The van der Waals surface area contributed by atoms with Gasteiger partial charge in [0.1, 0.15) is 6.54 Å². The molecule has 2 rings (SSSR count). The summed E-state index contributed by atoms with van der Waals surface area (Å²) in [6.07, 6.45) is -1.78. The number of carbonyl (C=O) groups excluding carboxylic acids is 2. The molecule has 31 heavy (non-hydrogen) atoms. The molecule has 0 aliphatic heterocycles. The second-order valence-electron chi connectivity index (χ2n) is 6.39. The van der Waals surface area contributed by atoms with E-state index in [-0.39, 0.29) is 12.2 Å². The zero-order valence-corrected chi connectivity index (χ0v) is 17.3. The monoisotopic (exact) mass is 436 g/mol. The number of para-hydroxylation sites is 1. The number of nitrogens with zero attached hydrogens (tertiary/aromatic N) is 1. The fourth-order valence-corrected chi connectivity index (χ4v) is 2.78. The van der Waals surface area contributed by atoms with Crippen molar-refractivity contribution in [1.29, 1.82) is 0 Å². The highest BCUT2D eigenvalue weighted by Gasteiger charge is 2.33. The molecule has 1 N–H and O–H groups in total. The largest absolute Gasteiger partial charge is 0.493 e. The quantitative estimate of drug-likeness (QED) is 0.629. The van der Waals surface area contributed by atoms with E-state index in [2.05, 4.69) is 5.32 Å². The highest BCUT2D eigenvalue weighted by molar-refractivity contribution is 5.98. The molecule has 6 nitrogen and oxygen atoms in total. The molecule has 166 valence electrons. The predicted molar refractivity (Wildman–Crippen MR) is 111 cm³/mol. The number of anilines is 1. The highest BCUT2D eigenvalue weighted by Crippen LogP contribution is 2.34. The van der Waals surface area contributed by atoms with Gasteiger partial charge in [0.2, 0.25) is 11.8 Å². The smallest absolute Gasteiger partial charge is 0.418 e. The van der Waals surface area contributed by atoms with Gasteiger partial charge in [-0.1, -0.05) is 18.2 Å². The van der Waals surface area contributed by atoms with E-state index in [1.165, 1.54) is 37.3 Å². The van der Waals surface area contributed by atoms with Crippen LogP contribution in [0.2, 0.25) is 0 Å². The molecule has 0 radical (unpaired) electrons. The van der Waals surface area contributed by atoms with Gasteiger partial charge in [-0.3, -0.25) is 9.59 Å². The molecular formula is C22H23F3N2O4. The Labute approximate surface area is 178 Å². The summed E-state index contributed by atoms with van der Waals surface area (Å²) >= 11 is 0. The van der Waals surface area contributed by atoms with Crippen LogP contribution in [0.15, 0.2) is 48.5 Å². The minimum atomic E-state index is -4.60. The zero-order valence-electron chi connectivity index (χ0n) is 17.3. The Bertz CT molecular complexity index is 958. The van der Waals surface area contributed by atoms with Crippen LogP contribution in [0.5, 0.6) is 11.5 Å². The SMILES string of the molecule is CCN(CC(=O)Nc1ccccc1C(F)(F)F)C(=O)C=Cc1ccc(OC)c(OC)c1. The van der Waals surface area contributed by atoms with Crippen LogP contribution in [-0.4, -0.2) is 44.0 Å². The number of alkyl halides is 3. The molecule has 9 heteroatoms. The topological polar surface area (TPSA) is 67.9 Å². The van der Waals surface area contributed by atoms with E-state index in [4.69, 9.17) is 9.47 Å². The van der Waals surface area contributed by atoms with E-state index in [0.29, 0.717) is 17.1 Å². The van der Waals surface area contributed by atoms with Crippen LogP contribution in [0.3, 0.4) is 0 Å². The van der Waals surface area contributed by atoms with Crippen LogP contribution in [0.4, 0.5) is 18.9 Å². The van der Waals surface area contributed by atoms with Crippen LogP contribution in [0, 0.1) is 0 Å². The number of benzene rings is 2. The van der Waals surface area contributed by atoms with E-state index in [0.717, 1.165) is 12.1 Å². The normalized spacial score (nSPS) is 11.3. The molecule has 0 fully saturated rings.